The Hall–Kier alpha value is -1.19. The van der Waals surface area contributed by atoms with E-state index in [-0.39, 0.29) is 5.56 Å². The number of ether oxygens (including phenoxy) is 1. The number of hydrogen-bond acceptors (Lipinski definition) is 2. The standard InChI is InChI=1S/C9H11F2NO/c1-5-6(2)9(13-3)12-4-7(5)8(10)11/h4,8H,1-3H3. The fraction of sp³-hybridized carbons (Fsp3) is 0.444. The third-order valence-electron chi connectivity index (χ3n) is 2.07. The molecule has 1 heterocycles. The van der Waals surface area contributed by atoms with E-state index < -0.39 is 6.43 Å². The Bertz CT molecular complexity index is 313. The zero-order valence-corrected chi connectivity index (χ0v) is 7.77. The first-order valence-electron chi connectivity index (χ1n) is 3.86. The van der Waals surface area contributed by atoms with Crippen LogP contribution in [0.1, 0.15) is 23.1 Å². The van der Waals surface area contributed by atoms with Crippen LogP contribution in [-0.4, -0.2) is 12.1 Å². The molecule has 1 aromatic heterocycles. The van der Waals surface area contributed by atoms with Crippen LogP contribution in [0.2, 0.25) is 0 Å². The van der Waals surface area contributed by atoms with Crippen molar-refractivity contribution in [2.75, 3.05) is 7.11 Å². The van der Waals surface area contributed by atoms with E-state index in [0.717, 1.165) is 6.20 Å². The van der Waals surface area contributed by atoms with Gasteiger partial charge in [-0.15, -0.1) is 0 Å². The second kappa shape index (κ2) is 3.68. The first-order chi connectivity index (χ1) is 6.07. The zero-order valence-electron chi connectivity index (χ0n) is 7.77. The van der Waals surface area contributed by atoms with Crippen molar-refractivity contribution in [1.82, 2.24) is 4.98 Å². The summed E-state index contributed by atoms with van der Waals surface area (Å²) in [7, 11) is 1.47. The van der Waals surface area contributed by atoms with Gasteiger partial charge in [0.2, 0.25) is 5.88 Å². The summed E-state index contributed by atoms with van der Waals surface area (Å²) in [5.74, 6) is 0.405. The molecule has 0 aliphatic heterocycles. The quantitative estimate of drug-likeness (QED) is 0.710. The number of nitrogens with zero attached hydrogens (tertiary/aromatic N) is 1. The fourth-order valence-electron chi connectivity index (χ4n) is 1.12. The van der Waals surface area contributed by atoms with Gasteiger partial charge in [-0.3, -0.25) is 0 Å². The van der Waals surface area contributed by atoms with Crippen molar-refractivity contribution >= 4 is 0 Å². The molecular weight excluding hydrogens is 176 g/mol. The molecule has 0 bridgehead atoms. The minimum absolute atomic E-state index is 0.0294. The highest BCUT2D eigenvalue weighted by Gasteiger charge is 2.14. The lowest BCUT2D eigenvalue weighted by Crippen LogP contribution is -1.99. The van der Waals surface area contributed by atoms with Crippen molar-refractivity contribution in [2.24, 2.45) is 0 Å². The summed E-state index contributed by atoms with van der Waals surface area (Å²) in [6.07, 6.45) is -1.32. The van der Waals surface area contributed by atoms with Gasteiger partial charge in [0.15, 0.2) is 0 Å². The monoisotopic (exact) mass is 187 g/mol. The van der Waals surface area contributed by atoms with Crippen molar-refractivity contribution in [3.63, 3.8) is 0 Å². The molecule has 0 N–H and O–H groups in total. The normalized spacial score (nSPS) is 10.6. The molecule has 4 heteroatoms. The van der Waals surface area contributed by atoms with Crippen LogP contribution in [0.15, 0.2) is 6.20 Å². The van der Waals surface area contributed by atoms with Crippen molar-refractivity contribution in [2.45, 2.75) is 20.3 Å². The van der Waals surface area contributed by atoms with Crippen LogP contribution < -0.4 is 4.74 Å². The van der Waals surface area contributed by atoms with Gasteiger partial charge in [-0.05, 0) is 19.4 Å². The summed E-state index contributed by atoms with van der Waals surface area (Å²) in [5, 5.41) is 0. The molecule has 0 fully saturated rings. The molecule has 0 aromatic carbocycles. The number of methoxy groups -OCH3 is 1. The summed E-state index contributed by atoms with van der Waals surface area (Å²) >= 11 is 0. The minimum atomic E-state index is -2.47. The van der Waals surface area contributed by atoms with E-state index in [1.54, 1.807) is 13.8 Å². The molecule has 0 radical (unpaired) electrons. The Morgan fingerprint density at radius 2 is 1.92 bits per heavy atom. The maximum Gasteiger partial charge on any atom is 0.265 e. The molecule has 72 valence electrons. The van der Waals surface area contributed by atoms with E-state index in [9.17, 15) is 8.78 Å². The molecule has 0 spiro atoms. The maximum atomic E-state index is 12.4. The summed E-state index contributed by atoms with van der Waals surface area (Å²) < 4.78 is 29.6. The maximum absolute atomic E-state index is 12.4. The average Bonchev–Trinajstić information content (AvgIpc) is 2.09. The summed E-state index contributed by atoms with van der Waals surface area (Å²) in [4.78, 5) is 3.78. The van der Waals surface area contributed by atoms with Crippen LogP contribution >= 0.6 is 0 Å². The molecule has 13 heavy (non-hydrogen) atoms. The highest BCUT2D eigenvalue weighted by molar-refractivity contribution is 5.38. The second-order valence-electron chi connectivity index (χ2n) is 2.77. The number of aromatic nitrogens is 1. The van der Waals surface area contributed by atoms with Gasteiger partial charge in [0.1, 0.15) is 0 Å². The van der Waals surface area contributed by atoms with E-state index in [2.05, 4.69) is 4.98 Å². The number of alkyl halides is 2. The Morgan fingerprint density at radius 1 is 1.31 bits per heavy atom. The lowest BCUT2D eigenvalue weighted by molar-refractivity contribution is 0.150. The van der Waals surface area contributed by atoms with Crippen LogP contribution in [0.4, 0.5) is 8.78 Å². The van der Waals surface area contributed by atoms with Crippen LogP contribution in [0.5, 0.6) is 5.88 Å². The van der Waals surface area contributed by atoms with Crippen molar-refractivity contribution in [1.29, 1.82) is 0 Å². The molecule has 0 unspecified atom stereocenters. The zero-order chi connectivity index (χ0) is 10.0. The summed E-state index contributed by atoms with van der Waals surface area (Å²) in [5.41, 5.74) is 1.18. The predicted molar refractivity (Wildman–Crippen MR) is 45.2 cm³/mol. The third kappa shape index (κ3) is 1.76. The second-order valence-corrected chi connectivity index (χ2v) is 2.77. The number of halogens is 2. The molecule has 2 nitrogen and oxygen atoms in total. The summed E-state index contributed by atoms with van der Waals surface area (Å²) in [6, 6.07) is 0. The topological polar surface area (TPSA) is 22.1 Å². The van der Waals surface area contributed by atoms with Gasteiger partial charge in [0, 0.05) is 17.3 Å². The van der Waals surface area contributed by atoms with E-state index >= 15 is 0 Å². The minimum Gasteiger partial charge on any atom is -0.481 e. The van der Waals surface area contributed by atoms with Gasteiger partial charge in [-0.2, -0.15) is 0 Å². The molecule has 0 aliphatic carbocycles. The predicted octanol–water partition coefficient (Wildman–Crippen LogP) is 2.64. The highest BCUT2D eigenvalue weighted by Crippen LogP contribution is 2.27. The van der Waals surface area contributed by atoms with E-state index in [0.29, 0.717) is 17.0 Å². The number of pyridine rings is 1. The van der Waals surface area contributed by atoms with Gasteiger partial charge in [0.25, 0.3) is 6.43 Å². The first-order valence-corrected chi connectivity index (χ1v) is 3.86. The van der Waals surface area contributed by atoms with Crippen molar-refractivity contribution in [3.8, 4) is 5.88 Å². The number of hydrogen-bond donors (Lipinski definition) is 0. The Labute approximate surface area is 75.6 Å². The van der Waals surface area contributed by atoms with Gasteiger partial charge in [-0.1, -0.05) is 0 Å². The first kappa shape index (κ1) is 9.89. The van der Waals surface area contributed by atoms with Crippen LogP contribution in [0.3, 0.4) is 0 Å². The molecular formula is C9H11F2NO. The third-order valence-corrected chi connectivity index (χ3v) is 2.07. The highest BCUT2D eigenvalue weighted by atomic mass is 19.3. The summed E-state index contributed by atoms with van der Waals surface area (Å²) in [6.45, 7) is 3.36. The SMILES string of the molecule is COc1ncc(C(F)F)c(C)c1C. The molecule has 0 aliphatic rings. The van der Waals surface area contributed by atoms with Crippen LogP contribution in [-0.2, 0) is 0 Å². The molecule has 1 rings (SSSR count). The molecule has 0 saturated heterocycles. The molecule has 0 amide bonds. The van der Waals surface area contributed by atoms with Gasteiger partial charge in [-0.25, -0.2) is 13.8 Å². The van der Waals surface area contributed by atoms with Gasteiger partial charge in [0.05, 0.1) is 7.11 Å². The average molecular weight is 187 g/mol. The fourth-order valence-corrected chi connectivity index (χ4v) is 1.12. The Morgan fingerprint density at radius 3 is 2.38 bits per heavy atom. The Balaban J connectivity index is 3.23. The molecule has 0 saturated carbocycles. The smallest absolute Gasteiger partial charge is 0.265 e. The van der Waals surface area contributed by atoms with Gasteiger partial charge < -0.3 is 4.74 Å². The Kier molecular flexibility index (Phi) is 2.80. The van der Waals surface area contributed by atoms with E-state index in [4.69, 9.17) is 4.74 Å². The molecule has 0 atom stereocenters. The lowest BCUT2D eigenvalue weighted by atomic mass is 10.1. The van der Waals surface area contributed by atoms with Gasteiger partial charge >= 0.3 is 0 Å². The van der Waals surface area contributed by atoms with Crippen molar-refractivity contribution < 1.29 is 13.5 Å². The molecule has 1 aromatic rings. The van der Waals surface area contributed by atoms with Crippen LogP contribution in [0, 0.1) is 13.8 Å². The number of rotatable bonds is 2. The van der Waals surface area contributed by atoms with Crippen LogP contribution in [0.25, 0.3) is 0 Å². The largest absolute Gasteiger partial charge is 0.481 e. The van der Waals surface area contributed by atoms with E-state index in [1.165, 1.54) is 7.11 Å². The lowest BCUT2D eigenvalue weighted by Gasteiger charge is -2.10. The van der Waals surface area contributed by atoms with E-state index in [1.807, 2.05) is 0 Å². The van der Waals surface area contributed by atoms with Crippen molar-refractivity contribution in [3.05, 3.63) is 22.9 Å².